The minimum atomic E-state index is -0.817. The highest BCUT2D eigenvalue weighted by Gasteiger charge is 2.31. The van der Waals surface area contributed by atoms with E-state index in [1.807, 2.05) is 13.8 Å². The van der Waals surface area contributed by atoms with Crippen molar-refractivity contribution in [2.45, 2.75) is 45.1 Å². The quantitative estimate of drug-likeness (QED) is 0.829. The first-order valence-electron chi connectivity index (χ1n) is 5.98. The number of hydrogen-bond donors (Lipinski definition) is 1. The second-order valence-electron chi connectivity index (χ2n) is 5.23. The van der Waals surface area contributed by atoms with Gasteiger partial charge in [-0.2, -0.15) is 0 Å². The molecule has 2 heteroatoms. The molecule has 0 spiro atoms. The van der Waals surface area contributed by atoms with Crippen molar-refractivity contribution >= 4 is 0 Å². The first-order valence-corrected chi connectivity index (χ1v) is 5.98. The number of aryl methyl sites for hydroxylation is 1. The zero-order chi connectivity index (χ0) is 11.8. The standard InChI is InChI=1S/C14H19FO/c1-10-8-12(15)6-7-13(10)14(2,16)9-11-4-3-5-11/h6-8,11,16H,3-5,9H2,1-2H3. The average Bonchev–Trinajstić information content (AvgIpc) is 2.11. The van der Waals surface area contributed by atoms with Crippen LogP contribution in [0.1, 0.15) is 43.7 Å². The summed E-state index contributed by atoms with van der Waals surface area (Å²) >= 11 is 0. The van der Waals surface area contributed by atoms with E-state index in [1.165, 1.54) is 31.4 Å². The van der Waals surface area contributed by atoms with Crippen LogP contribution in [0.2, 0.25) is 0 Å². The van der Waals surface area contributed by atoms with Crippen molar-refractivity contribution in [1.29, 1.82) is 0 Å². The third-order valence-corrected chi connectivity index (χ3v) is 3.68. The second kappa shape index (κ2) is 4.17. The zero-order valence-electron chi connectivity index (χ0n) is 9.96. The molecule has 1 nitrogen and oxygen atoms in total. The van der Waals surface area contributed by atoms with Gasteiger partial charge in [-0.1, -0.05) is 25.3 Å². The number of aliphatic hydroxyl groups is 1. The van der Waals surface area contributed by atoms with Gasteiger partial charge in [-0.25, -0.2) is 4.39 Å². The van der Waals surface area contributed by atoms with E-state index in [2.05, 4.69) is 0 Å². The van der Waals surface area contributed by atoms with E-state index in [4.69, 9.17) is 0 Å². The molecule has 16 heavy (non-hydrogen) atoms. The van der Waals surface area contributed by atoms with Crippen LogP contribution in [0.4, 0.5) is 4.39 Å². The normalized spacial score (nSPS) is 20.2. The lowest BCUT2D eigenvalue weighted by molar-refractivity contribution is 0.0156. The van der Waals surface area contributed by atoms with Crippen LogP contribution in [-0.4, -0.2) is 5.11 Å². The summed E-state index contributed by atoms with van der Waals surface area (Å²) in [5.41, 5.74) is 0.883. The van der Waals surface area contributed by atoms with E-state index in [1.54, 1.807) is 6.07 Å². The van der Waals surface area contributed by atoms with Crippen LogP contribution in [0.25, 0.3) is 0 Å². The number of halogens is 1. The largest absolute Gasteiger partial charge is 0.385 e. The molecule has 1 atom stereocenters. The van der Waals surface area contributed by atoms with Gasteiger partial charge in [-0.3, -0.25) is 0 Å². The Labute approximate surface area is 96.3 Å². The molecule has 1 saturated carbocycles. The lowest BCUT2D eigenvalue weighted by Gasteiger charge is -2.34. The molecule has 1 fully saturated rings. The molecule has 0 aromatic heterocycles. The van der Waals surface area contributed by atoms with Crippen molar-refractivity contribution in [3.8, 4) is 0 Å². The molecule has 1 aliphatic carbocycles. The Bertz CT molecular complexity index is 380. The average molecular weight is 222 g/mol. The SMILES string of the molecule is Cc1cc(F)ccc1C(C)(O)CC1CCC1. The molecule has 0 amide bonds. The third kappa shape index (κ3) is 2.27. The van der Waals surface area contributed by atoms with Gasteiger partial charge in [0.2, 0.25) is 0 Å². The molecular weight excluding hydrogens is 203 g/mol. The maximum atomic E-state index is 13.0. The van der Waals surface area contributed by atoms with Crippen molar-refractivity contribution in [3.05, 3.63) is 35.1 Å². The van der Waals surface area contributed by atoms with Gasteiger partial charge in [-0.05, 0) is 49.4 Å². The van der Waals surface area contributed by atoms with Gasteiger partial charge in [0.15, 0.2) is 0 Å². The second-order valence-corrected chi connectivity index (χ2v) is 5.23. The summed E-state index contributed by atoms with van der Waals surface area (Å²) in [6.07, 6.45) is 4.51. The fourth-order valence-electron chi connectivity index (χ4n) is 2.60. The van der Waals surface area contributed by atoms with Gasteiger partial charge in [0.25, 0.3) is 0 Å². The van der Waals surface area contributed by atoms with Crippen molar-refractivity contribution in [2.75, 3.05) is 0 Å². The first-order chi connectivity index (χ1) is 7.49. The number of rotatable bonds is 3. The molecule has 0 saturated heterocycles. The molecule has 1 aromatic carbocycles. The van der Waals surface area contributed by atoms with Crippen LogP contribution in [-0.2, 0) is 5.60 Å². The Kier molecular flexibility index (Phi) is 3.02. The van der Waals surface area contributed by atoms with E-state index in [0.717, 1.165) is 17.5 Å². The fraction of sp³-hybridized carbons (Fsp3) is 0.571. The summed E-state index contributed by atoms with van der Waals surface area (Å²) in [6, 6.07) is 4.63. The van der Waals surface area contributed by atoms with E-state index in [0.29, 0.717) is 5.92 Å². The van der Waals surface area contributed by atoms with Crippen LogP contribution in [0, 0.1) is 18.7 Å². The van der Waals surface area contributed by atoms with E-state index in [9.17, 15) is 9.50 Å². The van der Waals surface area contributed by atoms with Gasteiger partial charge in [0.1, 0.15) is 5.82 Å². The molecule has 0 heterocycles. The van der Waals surface area contributed by atoms with Crippen LogP contribution >= 0.6 is 0 Å². The highest BCUT2D eigenvalue weighted by Crippen LogP contribution is 2.38. The van der Waals surface area contributed by atoms with Gasteiger partial charge < -0.3 is 5.11 Å². The summed E-state index contributed by atoms with van der Waals surface area (Å²) in [7, 11) is 0. The fourth-order valence-corrected chi connectivity index (χ4v) is 2.60. The van der Waals surface area contributed by atoms with Crippen molar-refractivity contribution in [1.82, 2.24) is 0 Å². The third-order valence-electron chi connectivity index (χ3n) is 3.68. The summed E-state index contributed by atoms with van der Waals surface area (Å²) in [5, 5.41) is 10.5. The maximum absolute atomic E-state index is 13.0. The Morgan fingerprint density at radius 1 is 1.44 bits per heavy atom. The van der Waals surface area contributed by atoms with Crippen molar-refractivity contribution < 1.29 is 9.50 Å². The minimum absolute atomic E-state index is 0.235. The molecule has 0 bridgehead atoms. The predicted octanol–water partition coefficient (Wildman–Crippen LogP) is 3.53. The monoisotopic (exact) mass is 222 g/mol. The Hall–Kier alpha value is -0.890. The summed E-state index contributed by atoms with van der Waals surface area (Å²) < 4.78 is 13.0. The molecule has 1 unspecified atom stereocenters. The highest BCUT2D eigenvalue weighted by molar-refractivity contribution is 5.31. The molecule has 0 radical (unpaired) electrons. The Morgan fingerprint density at radius 3 is 2.62 bits per heavy atom. The van der Waals surface area contributed by atoms with Crippen LogP contribution in [0.15, 0.2) is 18.2 Å². The molecule has 1 aliphatic rings. The van der Waals surface area contributed by atoms with Crippen molar-refractivity contribution in [3.63, 3.8) is 0 Å². The summed E-state index contributed by atoms with van der Waals surface area (Å²) in [4.78, 5) is 0. The van der Waals surface area contributed by atoms with Crippen LogP contribution in [0.3, 0.4) is 0 Å². The predicted molar refractivity (Wildman–Crippen MR) is 62.7 cm³/mol. The molecule has 2 rings (SSSR count). The van der Waals surface area contributed by atoms with Gasteiger partial charge in [-0.15, -0.1) is 0 Å². The topological polar surface area (TPSA) is 20.2 Å². The Balaban J connectivity index is 2.19. The summed E-state index contributed by atoms with van der Waals surface area (Å²) in [6.45, 7) is 3.69. The lowest BCUT2D eigenvalue weighted by atomic mass is 9.75. The lowest BCUT2D eigenvalue weighted by Crippen LogP contribution is -2.28. The maximum Gasteiger partial charge on any atom is 0.123 e. The summed E-state index contributed by atoms with van der Waals surface area (Å²) in [5.74, 6) is 0.403. The Morgan fingerprint density at radius 2 is 2.12 bits per heavy atom. The highest BCUT2D eigenvalue weighted by atomic mass is 19.1. The van der Waals surface area contributed by atoms with E-state index < -0.39 is 5.60 Å². The van der Waals surface area contributed by atoms with E-state index >= 15 is 0 Å². The molecule has 1 N–H and O–H groups in total. The molecule has 1 aromatic rings. The van der Waals surface area contributed by atoms with Crippen LogP contribution in [0.5, 0.6) is 0 Å². The van der Waals surface area contributed by atoms with Crippen LogP contribution < -0.4 is 0 Å². The molecular formula is C14H19FO. The molecule has 88 valence electrons. The van der Waals surface area contributed by atoms with Gasteiger partial charge in [0.05, 0.1) is 5.60 Å². The van der Waals surface area contributed by atoms with Gasteiger partial charge >= 0.3 is 0 Å². The van der Waals surface area contributed by atoms with E-state index in [-0.39, 0.29) is 5.82 Å². The number of hydrogen-bond acceptors (Lipinski definition) is 1. The smallest absolute Gasteiger partial charge is 0.123 e. The first kappa shape index (κ1) is 11.6. The van der Waals surface area contributed by atoms with Crippen molar-refractivity contribution in [2.24, 2.45) is 5.92 Å². The molecule has 0 aliphatic heterocycles. The number of benzene rings is 1. The minimum Gasteiger partial charge on any atom is -0.385 e. The zero-order valence-corrected chi connectivity index (χ0v) is 9.96. The van der Waals surface area contributed by atoms with Gasteiger partial charge in [0, 0.05) is 0 Å².